The van der Waals surface area contributed by atoms with E-state index < -0.39 is 15.1 Å². The summed E-state index contributed by atoms with van der Waals surface area (Å²) in [6, 6.07) is 6.73. The van der Waals surface area contributed by atoms with Crippen LogP contribution in [0, 0.1) is 0 Å². The molecule has 0 amide bonds. The number of rotatable bonds is 4. The molecule has 0 saturated carbocycles. The monoisotopic (exact) mass is 305 g/mol. The molecule has 0 fully saturated rings. The molecule has 90 valence electrons. The minimum atomic E-state index is -3.29. The van der Waals surface area contributed by atoms with Crippen molar-refractivity contribution in [3.63, 3.8) is 0 Å². The van der Waals surface area contributed by atoms with Gasteiger partial charge in [0.1, 0.15) is 0 Å². The first-order chi connectivity index (χ1) is 7.35. The zero-order chi connectivity index (χ0) is 12.3. The molecule has 0 heterocycles. The second-order valence-electron chi connectivity index (χ2n) is 4.00. The van der Waals surface area contributed by atoms with Gasteiger partial charge in [-0.3, -0.25) is 0 Å². The number of hydrogen-bond acceptors (Lipinski definition) is 3. The molecule has 1 aromatic carbocycles. The Balaban J connectivity index is 3.08. The molecule has 1 rings (SSSR count). The van der Waals surface area contributed by atoms with Gasteiger partial charge in [-0.1, -0.05) is 12.1 Å². The Labute approximate surface area is 105 Å². The predicted octanol–water partition coefficient (Wildman–Crippen LogP) is 2.35. The Kier molecular flexibility index (Phi) is 4.52. The van der Waals surface area contributed by atoms with Crippen LogP contribution < -0.4 is 5.73 Å². The van der Waals surface area contributed by atoms with E-state index in [-0.39, 0.29) is 6.04 Å². The summed E-state index contributed by atoms with van der Waals surface area (Å²) in [6.07, 6.45) is 0.462. The maximum absolute atomic E-state index is 12.2. The second-order valence-corrected chi connectivity index (χ2v) is 7.19. The maximum atomic E-state index is 12.2. The highest BCUT2D eigenvalue weighted by Gasteiger charge is 2.25. The number of sulfone groups is 1. The zero-order valence-corrected chi connectivity index (χ0v) is 11.8. The SMILES string of the molecule is CC(N)CC(C)S(=O)(=O)c1ccccc1Br. The third-order valence-electron chi connectivity index (χ3n) is 2.38. The number of nitrogens with two attached hydrogens (primary N) is 1. The van der Waals surface area contributed by atoms with Gasteiger partial charge in [0.15, 0.2) is 9.84 Å². The molecule has 3 nitrogen and oxygen atoms in total. The molecule has 0 aliphatic heterocycles. The molecule has 2 N–H and O–H groups in total. The molecule has 0 bridgehead atoms. The van der Waals surface area contributed by atoms with E-state index in [9.17, 15) is 8.42 Å². The number of hydrogen-bond donors (Lipinski definition) is 1. The largest absolute Gasteiger partial charge is 0.328 e. The average molecular weight is 306 g/mol. The van der Waals surface area contributed by atoms with Crippen LogP contribution in [0.1, 0.15) is 20.3 Å². The van der Waals surface area contributed by atoms with Crippen LogP contribution in [0.2, 0.25) is 0 Å². The molecule has 0 saturated heterocycles. The van der Waals surface area contributed by atoms with Gasteiger partial charge >= 0.3 is 0 Å². The van der Waals surface area contributed by atoms with Gasteiger partial charge in [0.25, 0.3) is 0 Å². The summed E-state index contributed by atoms with van der Waals surface area (Å²) in [6.45, 7) is 3.50. The summed E-state index contributed by atoms with van der Waals surface area (Å²) in [4.78, 5) is 0.336. The van der Waals surface area contributed by atoms with Crippen LogP contribution >= 0.6 is 15.9 Å². The summed E-state index contributed by atoms with van der Waals surface area (Å²) < 4.78 is 25.0. The van der Waals surface area contributed by atoms with Gasteiger partial charge in [-0.05, 0) is 48.3 Å². The number of halogens is 1. The van der Waals surface area contributed by atoms with Crippen LogP contribution in [-0.2, 0) is 9.84 Å². The smallest absolute Gasteiger partial charge is 0.182 e. The summed E-state index contributed by atoms with van der Waals surface area (Å²) in [5.74, 6) is 0. The molecular formula is C11H16BrNO2S. The highest BCUT2D eigenvalue weighted by atomic mass is 79.9. The molecule has 0 radical (unpaired) electrons. The van der Waals surface area contributed by atoms with Crippen LogP contribution in [-0.4, -0.2) is 19.7 Å². The van der Waals surface area contributed by atoms with E-state index in [2.05, 4.69) is 15.9 Å². The van der Waals surface area contributed by atoms with Crippen LogP contribution in [0.25, 0.3) is 0 Å². The van der Waals surface area contributed by atoms with E-state index in [4.69, 9.17) is 5.73 Å². The van der Waals surface area contributed by atoms with Gasteiger partial charge in [-0.2, -0.15) is 0 Å². The number of benzene rings is 1. The summed E-state index contributed by atoms with van der Waals surface area (Å²) in [5, 5.41) is -0.466. The zero-order valence-electron chi connectivity index (χ0n) is 9.35. The first-order valence-corrected chi connectivity index (χ1v) is 7.43. The normalized spacial score (nSPS) is 15.8. The Morgan fingerprint density at radius 3 is 2.38 bits per heavy atom. The molecule has 0 aliphatic carbocycles. The Morgan fingerprint density at radius 1 is 1.31 bits per heavy atom. The first kappa shape index (κ1) is 13.7. The molecule has 0 aliphatic rings. The van der Waals surface area contributed by atoms with Crippen molar-refractivity contribution in [1.82, 2.24) is 0 Å². The molecule has 16 heavy (non-hydrogen) atoms. The molecule has 1 aromatic rings. The Hall–Kier alpha value is -0.390. The molecule has 5 heteroatoms. The fourth-order valence-electron chi connectivity index (χ4n) is 1.54. The van der Waals surface area contributed by atoms with Crippen molar-refractivity contribution in [1.29, 1.82) is 0 Å². The van der Waals surface area contributed by atoms with Gasteiger partial charge < -0.3 is 5.73 Å². The van der Waals surface area contributed by atoms with E-state index in [0.29, 0.717) is 15.8 Å². The third kappa shape index (κ3) is 3.06. The molecule has 0 aromatic heterocycles. The van der Waals surface area contributed by atoms with E-state index in [1.165, 1.54) is 0 Å². The van der Waals surface area contributed by atoms with Crippen molar-refractivity contribution in [2.45, 2.75) is 36.5 Å². The molecular weight excluding hydrogens is 290 g/mol. The average Bonchev–Trinajstić information content (AvgIpc) is 2.16. The minimum Gasteiger partial charge on any atom is -0.328 e. The second kappa shape index (κ2) is 5.29. The lowest BCUT2D eigenvalue weighted by Crippen LogP contribution is -2.27. The fraction of sp³-hybridized carbons (Fsp3) is 0.455. The topological polar surface area (TPSA) is 60.2 Å². The summed E-state index contributed by atoms with van der Waals surface area (Å²) in [7, 11) is -3.29. The van der Waals surface area contributed by atoms with Gasteiger partial charge in [0, 0.05) is 10.5 Å². The highest BCUT2D eigenvalue weighted by molar-refractivity contribution is 9.10. The van der Waals surface area contributed by atoms with Gasteiger partial charge in [-0.15, -0.1) is 0 Å². The molecule has 0 spiro atoms. The minimum absolute atomic E-state index is 0.118. The predicted molar refractivity (Wildman–Crippen MR) is 69.1 cm³/mol. The Bertz CT molecular complexity index is 457. The Morgan fingerprint density at radius 2 is 1.88 bits per heavy atom. The lowest BCUT2D eigenvalue weighted by atomic mass is 10.2. The van der Waals surface area contributed by atoms with Crippen molar-refractivity contribution < 1.29 is 8.42 Å². The van der Waals surface area contributed by atoms with Crippen molar-refractivity contribution >= 4 is 25.8 Å². The lowest BCUT2D eigenvalue weighted by Gasteiger charge is -2.15. The quantitative estimate of drug-likeness (QED) is 0.929. The van der Waals surface area contributed by atoms with Crippen molar-refractivity contribution in [3.8, 4) is 0 Å². The molecule has 2 atom stereocenters. The van der Waals surface area contributed by atoms with E-state index >= 15 is 0 Å². The van der Waals surface area contributed by atoms with Crippen molar-refractivity contribution in [2.24, 2.45) is 5.73 Å². The van der Waals surface area contributed by atoms with Crippen LogP contribution in [0.3, 0.4) is 0 Å². The van der Waals surface area contributed by atoms with Crippen LogP contribution in [0.4, 0.5) is 0 Å². The fourth-order valence-corrected chi connectivity index (χ4v) is 4.10. The molecule has 2 unspecified atom stereocenters. The van der Waals surface area contributed by atoms with Crippen LogP contribution in [0.15, 0.2) is 33.6 Å². The highest BCUT2D eigenvalue weighted by Crippen LogP contribution is 2.26. The van der Waals surface area contributed by atoms with Crippen LogP contribution in [0.5, 0.6) is 0 Å². The van der Waals surface area contributed by atoms with E-state index in [1.54, 1.807) is 31.2 Å². The van der Waals surface area contributed by atoms with Gasteiger partial charge in [0.05, 0.1) is 10.1 Å². The van der Waals surface area contributed by atoms with Gasteiger partial charge in [0.2, 0.25) is 0 Å². The van der Waals surface area contributed by atoms with Gasteiger partial charge in [-0.25, -0.2) is 8.42 Å². The summed E-state index contributed by atoms with van der Waals surface area (Å²) in [5.41, 5.74) is 5.63. The van der Waals surface area contributed by atoms with E-state index in [0.717, 1.165) is 0 Å². The van der Waals surface area contributed by atoms with E-state index in [1.807, 2.05) is 6.92 Å². The standard InChI is InChI=1S/C11H16BrNO2S/c1-8(13)7-9(2)16(14,15)11-6-4-3-5-10(11)12/h3-6,8-9H,7,13H2,1-2H3. The maximum Gasteiger partial charge on any atom is 0.182 e. The van der Waals surface area contributed by atoms with Crippen molar-refractivity contribution in [3.05, 3.63) is 28.7 Å². The third-order valence-corrected chi connectivity index (χ3v) is 5.55. The van der Waals surface area contributed by atoms with Crippen molar-refractivity contribution in [2.75, 3.05) is 0 Å². The lowest BCUT2D eigenvalue weighted by molar-refractivity contribution is 0.562. The summed E-state index contributed by atoms with van der Waals surface area (Å²) >= 11 is 3.26. The first-order valence-electron chi connectivity index (χ1n) is 5.09.